The highest BCUT2D eigenvalue weighted by atomic mass is 16.3. The van der Waals surface area contributed by atoms with Crippen LogP contribution < -0.4 is 5.32 Å². The van der Waals surface area contributed by atoms with Crippen molar-refractivity contribution in [2.45, 2.75) is 38.3 Å². The third kappa shape index (κ3) is 2.83. The fourth-order valence-corrected chi connectivity index (χ4v) is 2.23. The van der Waals surface area contributed by atoms with E-state index in [0.29, 0.717) is 24.4 Å². The molecule has 2 nitrogen and oxygen atoms in total. The summed E-state index contributed by atoms with van der Waals surface area (Å²) in [6.45, 7) is 4.92. The maximum Gasteiger partial charge on any atom is 0.0698 e. The van der Waals surface area contributed by atoms with Crippen molar-refractivity contribution in [3.8, 4) is 0 Å². The lowest BCUT2D eigenvalue weighted by atomic mass is 10.1. The average Bonchev–Trinajstić information content (AvgIpc) is 3.07. The van der Waals surface area contributed by atoms with Crippen LogP contribution >= 0.6 is 0 Å². The molecule has 0 aromatic heterocycles. The zero-order chi connectivity index (χ0) is 11.5. The molecule has 0 amide bonds. The molecule has 1 aromatic rings. The van der Waals surface area contributed by atoms with Crippen LogP contribution in [0.5, 0.6) is 0 Å². The summed E-state index contributed by atoms with van der Waals surface area (Å²) < 4.78 is 0. The topological polar surface area (TPSA) is 32.3 Å². The van der Waals surface area contributed by atoms with E-state index >= 15 is 0 Å². The maximum absolute atomic E-state index is 10.0. The second kappa shape index (κ2) is 4.98. The molecule has 0 saturated heterocycles. The molecule has 1 aliphatic rings. The first-order chi connectivity index (χ1) is 7.68. The summed E-state index contributed by atoms with van der Waals surface area (Å²) in [6.07, 6.45) is 0.929. The molecule has 0 bridgehead atoms. The maximum atomic E-state index is 10.0. The van der Waals surface area contributed by atoms with Gasteiger partial charge in [0, 0.05) is 12.6 Å². The summed E-state index contributed by atoms with van der Waals surface area (Å²) in [6, 6.07) is 11.0. The van der Waals surface area contributed by atoms with Crippen molar-refractivity contribution in [1.29, 1.82) is 0 Å². The van der Waals surface area contributed by atoms with Crippen molar-refractivity contribution in [3.05, 3.63) is 35.9 Å². The fourth-order valence-electron chi connectivity index (χ4n) is 2.23. The van der Waals surface area contributed by atoms with Gasteiger partial charge in [0.2, 0.25) is 0 Å². The lowest BCUT2D eigenvalue weighted by Gasteiger charge is -2.13. The Balaban J connectivity index is 1.82. The Morgan fingerprint density at radius 3 is 2.62 bits per heavy atom. The molecule has 2 N–H and O–H groups in total. The summed E-state index contributed by atoms with van der Waals surface area (Å²) >= 11 is 0. The number of hydrogen-bond acceptors (Lipinski definition) is 2. The first-order valence-corrected chi connectivity index (χ1v) is 6.15. The van der Waals surface area contributed by atoms with Gasteiger partial charge in [-0.25, -0.2) is 0 Å². The summed E-state index contributed by atoms with van der Waals surface area (Å²) in [5.41, 5.74) is 1.37. The van der Waals surface area contributed by atoms with E-state index in [0.717, 1.165) is 6.42 Å². The fraction of sp³-hybridized carbons (Fsp3) is 0.571. The van der Waals surface area contributed by atoms with Crippen LogP contribution in [-0.2, 0) is 0 Å². The number of aliphatic hydroxyl groups excluding tert-OH is 1. The number of rotatable bonds is 5. The summed E-state index contributed by atoms with van der Waals surface area (Å²) in [4.78, 5) is 0. The quantitative estimate of drug-likeness (QED) is 0.795. The summed E-state index contributed by atoms with van der Waals surface area (Å²) in [5.74, 6) is 1.03. The Morgan fingerprint density at radius 2 is 2.00 bits per heavy atom. The van der Waals surface area contributed by atoms with Crippen LogP contribution in [0.4, 0.5) is 0 Å². The third-order valence-corrected chi connectivity index (χ3v) is 3.30. The molecule has 3 unspecified atom stereocenters. The van der Waals surface area contributed by atoms with Crippen molar-refractivity contribution in [2.75, 3.05) is 6.54 Å². The number of nitrogens with one attached hydrogen (secondary N) is 1. The van der Waals surface area contributed by atoms with Gasteiger partial charge in [-0.2, -0.15) is 0 Å². The first-order valence-electron chi connectivity index (χ1n) is 6.15. The second-order valence-corrected chi connectivity index (χ2v) is 5.05. The molecule has 0 radical (unpaired) electrons. The van der Waals surface area contributed by atoms with Crippen molar-refractivity contribution in [3.63, 3.8) is 0 Å². The van der Waals surface area contributed by atoms with Gasteiger partial charge in [-0.3, -0.25) is 0 Å². The van der Waals surface area contributed by atoms with Crippen molar-refractivity contribution in [2.24, 2.45) is 5.92 Å². The molecule has 16 heavy (non-hydrogen) atoms. The summed E-state index contributed by atoms with van der Waals surface area (Å²) in [7, 11) is 0. The van der Waals surface area contributed by atoms with E-state index in [-0.39, 0.29) is 6.10 Å². The molecule has 0 spiro atoms. The van der Waals surface area contributed by atoms with E-state index < -0.39 is 0 Å². The van der Waals surface area contributed by atoms with E-state index in [9.17, 15) is 5.11 Å². The lowest BCUT2D eigenvalue weighted by Crippen LogP contribution is -2.33. The van der Waals surface area contributed by atoms with Gasteiger partial charge in [0.05, 0.1) is 6.10 Å². The van der Waals surface area contributed by atoms with Crippen LogP contribution in [0.3, 0.4) is 0 Å². The van der Waals surface area contributed by atoms with E-state index in [4.69, 9.17) is 0 Å². The molecule has 0 heterocycles. The minimum Gasteiger partial charge on any atom is -0.391 e. The number of benzene rings is 1. The lowest BCUT2D eigenvalue weighted by molar-refractivity contribution is 0.144. The molecule has 1 saturated carbocycles. The normalized spacial score (nSPS) is 25.8. The van der Waals surface area contributed by atoms with E-state index in [1.165, 1.54) is 5.56 Å². The van der Waals surface area contributed by atoms with Crippen molar-refractivity contribution in [1.82, 2.24) is 5.32 Å². The molecule has 88 valence electrons. The molecular formula is C14H21NO. The molecular weight excluding hydrogens is 198 g/mol. The smallest absolute Gasteiger partial charge is 0.0698 e. The second-order valence-electron chi connectivity index (χ2n) is 5.05. The van der Waals surface area contributed by atoms with Gasteiger partial charge in [0.15, 0.2) is 0 Å². The molecule has 1 aliphatic carbocycles. The third-order valence-electron chi connectivity index (χ3n) is 3.30. The molecule has 3 atom stereocenters. The number of hydrogen-bond donors (Lipinski definition) is 2. The van der Waals surface area contributed by atoms with Gasteiger partial charge in [-0.05, 0) is 23.8 Å². The van der Waals surface area contributed by atoms with Crippen LogP contribution in [0, 0.1) is 5.92 Å². The van der Waals surface area contributed by atoms with Crippen LogP contribution in [0.25, 0.3) is 0 Å². The van der Waals surface area contributed by atoms with E-state index in [1.54, 1.807) is 0 Å². The van der Waals surface area contributed by atoms with Crippen LogP contribution in [0.15, 0.2) is 30.3 Å². The van der Waals surface area contributed by atoms with Gasteiger partial charge in [-0.1, -0.05) is 44.2 Å². The standard InChI is InChI=1S/C14H21NO/c1-10(2)15-9-14(16)13-8-12(13)11-6-4-3-5-7-11/h3-7,10,12-16H,8-9H2,1-2H3. The first kappa shape index (κ1) is 11.6. The average molecular weight is 219 g/mol. The molecule has 2 rings (SSSR count). The van der Waals surface area contributed by atoms with Gasteiger partial charge in [-0.15, -0.1) is 0 Å². The minimum absolute atomic E-state index is 0.201. The monoisotopic (exact) mass is 219 g/mol. The van der Waals surface area contributed by atoms with E-state index in [2.05, 4.69) is 43.4 Å². The SMILES string of the molecule is CC(C)NCC(O)C1CC1c1ccccc1. The predicted molar refractivity (Wildman–Crippen MR) is 66.4 cm³/mol. The zero-order valence-corrected chi connectivity index (χ0v) is 10.1. The van der Waals surface area contributed by atoms with Gasteiger partial charge in [0.25, 0.3) is 0 Å². The highest BCUT2D eigenvalue weighted by molar-refractivity contribution is 5.26. The highest BCUT2D eigenvalue weighted by Gasteiger charge is 2.42. The highest BCUT2D eigenvalue weighted by Crippen LogP contribution is 2.49. The molecule has 1 aromatic carbocycles. The zero-order valence-electron chi connectivity index (χ0n) is 10.1. The Bertz CT molecular complexity index is 323. The van der Waals surface area contributed by atoms with Gasteiger partial charge >= 0.3 is 0 Å². The van der Waals surface area contributed by atoms with Gasteiger partial charge < -0.3 is 10.4 Å². The minimum atomic E-state index is -0.201. The molecule has 0 aliphatic heterocycles. The Hall–Kier alpha value is -0.860. The van der Waals surface area contributed by atoms with Crippen LogP contribution in [0.2, 0.25) is 0 Å². The number of aliphatic hydroxyl groups is 1. The van der Waals surface area contributed by atoms with Gasteiger partial charge in [0.1, 0.15) is 0 Å². The van der Waals surface area contributed by atoms with E-state index in [1.807, 2.05) is 6.07 Å². The van der Waals surface area contributed by atoms with Crippen LogP contribution in [-0.4, -0.2) is 23.8 Å². The Morgan fingerprint density at radius 1 is 1.31 bits per heavy atom. The van der Waals surface area contributed by atoms with Crippen molar-refractivity contribution >= 4 is 0 Å². The molecule has 2 heteroatoms. The predicted octanol–water partition coefficient (Wildman–Crippen LogP) is 2.15. The van der Waals surface area contributed by atoms with Crippen LogP contribution in [0.1, 0.15) is 31.7 Å². The molecule has 1 fully saturated rings. The summed E-state index contributed by atoms with van der Waals surface area (Å²) in [5, 5.41) is 13.3. The van der Waals surface area contributed by atoms with Crippen molar-refractivity contribution < 1.29 is 5.11 Å². The Labute approximate surface area is 97.7 Å². The largest absolute Gasteiger partial charge is 0.391 e. The Kier molecular flexibility index (Phi) is 3.62.